The summed E-state index contributed by atoms with van der Waals surface area (Å²) in [6, 6.07) is 15.8. The molecule has 42 heavy (non-hydrogen) atoms. The first-order chi connectivity index (χ1) is 20.3. The molecule has 4 aliphatic rings. The molecular formula is C32H27Cl2FN4O3. The zero-order valence-electron chi connectivity index (χ0n) is 22.7. The van der Waals surface area contributed by atoms with Crippen molar-refractivity contribution >= 4 is 51.8 Å². The summed E-state index contributed by atoms with van der Waals surface area (Å²) in [4.78, 5) is 34.3. The second kappa shape index (κ2) is 9.27. The van der Waals surface area contributed by atoms with Crippen molar-refractivity contribution < 1.29 is 18.7 Å². The van der Waals surface area contributed by atoms with Crippen LogP contribution in [0.2, 0.25) is 10.0 Å². The smallest absolute Gasteiger partial charge is 0.337 e. The number of carbonyl (C=O) groups is 2. The van der Waals surface area contributed by atoms with Crippen LogP contribution in [0, 0.1) is 11.7 Å². The molecule has 8 rings (SSSR count). The number of methoxy groups -OCH3 is 1. The molecule has 4 aromatic rings. The number of halogens is 3. The van der Waals surface area contributed by atoms with Crippen molar-refractivity contribution in [3.05, 3.63) is 93.0 Å². The summed E-state index contributed by atoms with van der Waals surface area (Å²) in [5, 5.41) is 3.65. The van der Waals surface area contributed by atoms with E-state index in [1.807, 2.05) is 12.1 Å². The molecule has 4 heterocycles. The van der Waals surface area contributed by atoms with E-state index in [1.165, 1.54) is 13.2 Å². The Kier molecular flexibility index (Phi) is 5.78. The van der Waals surface area contributed by atoms with Crippen LogP contribution in [0.1, 0.15) is 58.4 Å². The van der Waals surface area contributed by atoms with E-state index >= 15 is 4.39 Å². The Balaban J connectivity index is 1.42. The second-order valence-corrected chi connectivity index (χ2v) is 12.7. The maximum atomic E-state index is 16.2. The zero-order valence-corrected chi connectivity index (χ0v) is 24.3. The number of anilines is 1. The van der Waals surface area contributed by atoms with E-state index in [4.69, 9.17) is 32.9 Å². The lowest BCUT2D eigenvalue weighted by atomic mass is 9.70. The fourth-order valence-corrected chi connectivity index (χ4v) is 8.19. The topological polar surface area (TPSA) is 76.5 Å². The minimum absolute atomic E-state index is 0.0154. The lowest BCUT2D eigenvalue weighted by molar-refractivity contribution is -0.128. The summed E-state index contributed by atoms with van der Waals surface area (Å²) >= 11 is 12.8. The van der Waals surface area contributed by atoms with Gasteiger partial charge in [0.1, 0.15) is 17.2 Å². The number of esters is 1. The molecular weight excluding hydrogens is 578 g/mol. The average molecular weight is 605 g/mol. The summed E-state index contributed by atoms with van der Waals surface area (Å²) < 4.78 is 23.3. The van der Waals surface area contributed by atoms with Crippen LogP contribution in [0.4, 0.5) is 10.1 Å². The van der Waals surface area contributed by atoms with Crippen LogP contribution in [-0.4, -0.2) is 46.0 Å². The molecule has 1 amide bonds. The number of fused-ring (bicyclic) bond motifs is 7. The van der Waals surface area contributed by atoms with Crippen molar-refractivity contribution in [1.29, 1.82) is 0 Å². The van der Waals surface area contributed by atoms with E-state index < -0.39 is 23.2 Å². The number of hydrogen-bond donors (Lipinski definition) is 1. The first kappa shape index (κ1) is 26.2. The Morgan fingerprint density at radius 3 is 2.76 bits per heavy atom. The number of nitrogens with zero attached hydrogens (tertiary/aromatic N) is 3. The van der Waals surface area contributed by atoms with Gasteiger partial charge in [-0.15, -0.1) is 0 Å². The molecule has 0 radical (unpaired) electrons. The van der Waals surface area contributed by atoms with Gasteiger partial charge in [-0.2, -0.15) is 0 Å². The van der Waals surface area contributed by atoms with E-state index in [0.29, 0.717) is 39.8 Å². The maximum absolute atomic E-state index is 16.2. The average Bonchev–Trinajstić information content (AvgIpc) is 3.57. The van der Waals surface area contributed by atoms with E-state index in [0.717, 1.165) is 42.7 Å². The Hall–Kier alpha value is -3.46. The largest absolute Gasteiger partial charge is 0.465 e. The van der Waals surface area contributed by atoms with E-state index in [-0.39, 0.29) is 22.9 Å². The Morgan fingerprint density at radius 2 is 1.98 bits per heavy atom. The third-order valence-corrected chi connectivity index (χ3v) is 10.2. The first-order valence-electron chi connectivity index (χ1n) is 14.2. The molecule has 1 spiro atoms. The van der Waals surface area contributed by atoms with Gasteiger partial charge in [-0.1, -0.05) is 41.4 Å². The lowest BCUT2D eigenvalue weighted by Gasteiger charge is -2.40. The highest BCUT2D eigenvalue weighted by Crippen LogP contribution is 2.64. The van der Waals surface area contributed by atoms with Crippen LogP contribution in [0.15, 0.2) is 54.6 Å². The van der Waals surface area contributed by atoms with E-state index in [9.17, 15) is 9.59 Å². The summed E-state index contributed by atoms with van der Waals surface area (Å²) in [6.45, 7) is 1.41. The minimum atomic E-state index is -1.19. The van der Waals surface area contributed by atoms with Gasteiger partial charge in [-0.05, 0) is 67.1 Å². The molecule has 1 N–H and O–H groups in total. The molecule has 10 heteroatoms. The molecule has 1 saturated heterocycles. The lowest BCUT2D eigenvalue weighted by Crippen LogP contribution is -2.53. The van der Waals surface area contributed by atoms with Gasteiger partial charge in [0.25, 0.3) is 0 Å². The van der Waals surface area contributed by atoms with Gasteiger partial charge in [-0.3, -0.25) is 9.69 Å². The van der Waals surface area contributed by atoms with Crippen molar-refractivity contribution in [2.45, 2.75) is 49.2 Å². The third-order valence-electron chi connectivity index (χ3n) is 9.68. The fraction of sp³-hybridized carbons (Fsp3) is 0.344. The number of rotatable bonds is 4. The SMILES string of the molecule is COC(=O)c1ccc2c(c1)nc1n2CC[C@@H]2[C@H]1[C@@H](c1cccc(Cl)c1F)[C@@]1(C(=O)Nc3cc(Cl)ccc31)N2CC1CC1. The summed E-state index contributed by atoms with van der Waals surface area (Å²) in [7, 11) is 1.35. The van der Waals surface area contributed by atoms with Crippen molar-refractivity contribution in [2.24, 2.45) is 5.92 Å². The number of amides is 1. The third kappa shape index (κ3) is 3.52. The number of benzene rings is 3. The predicted molar refractivity (Wildman–Crippen MR) is 158 cm³/mol. The van der Waals surface area contributed by atoms with Crippen LogP contribution < -0.4 is 5.32 Å². The number of ether oxygens (including phenoxy) is 1. The van der Waals surface area contributed by atoms with Crippen LogP contribution in [-0.2, 0) is 21.6 Å². The highest BCUT2D eigenvalue weighted by atomic mass is 35.5. The van der Waals surface area contributed by atoms with Crippen molar-refractivity contribution in [1.82, 2.24) is 14.5 Å². The zero-order chi connectivity index (χ0) is 28.9. The Morgan fingerprint density at radius 1 is 1.14 bits per heavy atom. The van der Waals surface area contributed by atoms with Gasteiger partial charge in [0.05, 0.1) is 28.7 Å². The molecule has 2 fully saturated rings. The highest BCUT2D eigenvalue weighted by molar-refractivity contribution is 6.31. The number of carbonyl (C=O) groups excluding carboxylic acids is 2. The van der Waals surface area contributed by atoms with E-state index in [1.54, 1.807) is 36.4 Å². The fourth-order valence-electron chi connectivity index (χ4n) is 7.84. The van der Waals surface area contributed by atoms with Crippen LogP contribution in [0.3, 0.4) is 0 Å². The van der Waals surface area contributed by atoms with Gasteiger partial charge in [-0.25, -0.2) is 14.2 Å². The number of aromatic nitrogens is 2. The Labute approximate surface area is 251 Å². The number of nitrogens with one attached hydrogen (secondary N) is 1. The molecule has 4 atom stereocenters. The monoisotopic (exact) mass is 604 g/mol. The molecule has 0 bridgehead atoms. The van der Waals surface area contributed by atoms with Crippen LogP contribution >= 0.6 is 23.2 Å². The number of aryl methyl sites for hydroxylation is 1. The molecule has 3 aliphatic heterocycles. The first-order valence-corrected chi connectivity index (χ1v) is 15.0. The standard InChI is InChI=1S/C32H27Cl2FN4O3/c1-42-30(40)17-7-10-24-23(13-17)36-29-26-25(11-12-38(24)29)39(15-16-5-6-16)32(27(26)19-3-2-4-21(34)28(19)35)20-9-8-18(33)14-22(20)37-31(32)41/h2-4,7-10,13-14,16,25-27H,5-6,11-12,15H2,1H3,(H,37,41)/t25-,26+,27-,32+/m1/s1. The Bertz CT molecular complexity index is 1820. The molecule has 214 valence electrons. The van der Waals surface area contributed by atoms with Gasteiger partial charge in [0.15, 0.2) is 0 Å². The number of imidazole rings is 1. The normalized spacial score (nSPS) is 26.3. The molecule has 1 aromatic heterocycles. The van der Waals surface area contributed by atoms with Gasteiger partial charge >= 0.3 is 5.97 Å². The molecule has 0 unspecified atom stereocenters. The van der Waals surface area contributed by atoms with Gasteiger partial charge < -0.3 is 14.6 Å². The quantitative estimate of drug-likeness (QED) is 0.270. The molecule has 1 saturated carbocycles. The minimum Gasteiger partial charge on any atom is -0.465 e. The summed E-state index contributed by atoms with van der Waals surface area (Å²) in [5.74, 6) is -0.849. The second-order valence-electron chi connectivity index (χ2n) is 11.8. The van der Waals surface area contributed by atoms with E-state index in [2.05, 4.69) is 14.8 Å². The van der Waals surface area contributed by atoms with Gasteiger partial charge in [0, 0.05) is 47.2 Å². The number of hydrogen-bond acceptors (Lipinski definition) is 5. The molecule has 1 aliphatic carbocycles. The number of likely N-dealkylation sites (tertiary alicyclic amines) is 1. The van der Waals surface area contributed by atoms with Crippen molar-refractivity contribution in [2.75, 3.05) is 19.0 Å². The van der Waals surface area contributed by atoms with Crippen molar-refractivity contribution in [3.8, 4) is 0 Å². The maximum Gasteiger partial charge on any atom is 0.337 e. The van der Waals surface area contributed by atoms with Crippen molar-refractivity contribution in [3.63, 3.8) is 0 Å². The molecule has 3 aromatic carbocycles. The van der Waals surface area contributed by atoms with Crippen LogP contribution in [0.25, 0.3) is 11.0 Å². The summed E-state index contributed by atoms with van der Waals surface area (Å²) in [5.41, 5.74) is 2.62. The highest BCUT2D eigenvalue weighted by Gasteiger charge is 2.69. The summed E-state index contributed by atoms with van der Waals surface area (Å²) in [6.07, 6.45) is 2.96. The van der Waals surface area contributed by atoms with Crippen LogP contribution in [0.5, 0.6) is 0 Å². The van der Waals surface area contributed by atoms with Gasteiger partial charge in [0.2, 0.25) is 5.91 Å². The predicted octanol–water partition coefficient (Wildman–Crippen LogP) is 6.48. The molecule has 7 nitrogen and oxygen atoms in total.